The smallest absolute Gasteiger partial charge is 0.101 e. The van der Waals surface area contributed by atoms with Gasteiger partial charge >= 0.3 is 0 Å². The quantitative estimate of drug-likeness (QED) is 0.0221. The van der Waals surface area contributed by atoms with E-state index in [9.17, 15) is 5.11 Å². The third-order valence-electron chi connectivity index (χ3n) is 4.06. The summed E-state index contributed by atoms with van der Waals surface area (Å²) in [6.45, 7) is 3.75. The fraction of sp³-hybridized carbons (Fsp3) is 1.00. The van der Waals surface area contributed by atoms with Gasteiger partial charge in [-0.25, -0.2) is 0 Å². The molecule has 4 unspecified atom stereocenters. The summed E-state index contributed by atoms with van der Waals surface area (Å²) < 4.78 is 33.8. The molecule has 18 nitrogen and oxygen atoms in total. The van der Waals surface area contributed by atoms with E-state index in [0.717, 1.165) is 6.61 Å². The number of rotatable bonds is 27. The molecule has 1 saturated heterocycles. The van der Waals surface area contributed by atoms with Gasteiger partial charge in [0.2, 0.25) is 0 Å². The van der Waals surface area contributed by atoms with Crippen molar-refractivity contribution >= 4 is 34.8 Å². The average Bonchev–Trinajstić information content (AvgIpc) is 3.97. The van der Waals surface area contributed by atoms with Crippen molar-refractivity contribution in [2.75, 3.05) is 156 Å². The highest BCUT2D eigenvalue weighted by atomic mass is 35.5. The van der Waals surface area contributed by atoms with Crippen molar-refractivity contribution < 1.29 is 89.3 Å². The number of epoxide rings is 1. The predicted octanol–water partition coefficient (Wildman–Crippen LogP) is -3.21. The maximum absolute atomic E-state index is 9.27. The zero-order valence-electron chi connectivity index (χ0n) is 28.2. The van der Waals surface area contributed by atoms with Crippen LogP contribution in [-0.2, 0) is 33.2 Å². The van der Waals surface area contributed by atoms with Gasteiger partial charge in [0.15, 0.2) is 0 Å². The predicted molar refractivity (Wildman–Crippen MR) is 188 cm³/mol. The molecule has 0 bridgehead atoms. The Kier molecular flexibility index (Phi) is 76.1. The standard InChI is InChI=1S/C9H20O6.2C5H11ClO3.C4H10O3.C3H5ClO.C2H6O2.CH4/c10-1-3-13-5-6-15-8-9(12)7-14-4-2-11;2*6-3-5(8)4-9-2-1-7;5-1-3-7-4-2-6;4-1-3-2-5-3;3-1-2-4;/h9-12H,1-8H2;2*5,7-8H,1-4H2;5-6H,1-4H2;3H,1-2H2;3-4H,1-2H2;1H4. The highest BCUT2D eigenvalue weighted by Crippen LogP contribution is 2.08. The van der Waals surface area contributed by atoms with Crippen molar-refractivity contribution in [3.05, 3.63) is 0 Å². The highest BCUT2D eigenvalue weighted by molar-refractivity contribution is 6.18. The van der Waals surface area contributed by atoms with Gasteiger partial charge in [0.1, 0.15) is 6.10 Å². The highest BCUT2D eigenvalue weighted by Gasteiger charge is 2.19. The Morgan fingerprint density at radius 2 is 0.700 bits per heavy atom. The molecule has 0 aromatic carbocycles. The number of halogens is 3. The summed E-state index contributed by atoms with van der Waals surface area (Å²) >= 11 is 15.8. The molecule has 1 heterocycles. The molecule has 0 aliphatic carbocycles. The average molecular weight is 810 g/mol. The lowest BCUT2D eigenvalue weighted by Crippen LogP contribution is -2.23. The summed E-state index contributed by atoms with van der Waals surface area (Å²) in [5.74, 6) is 1.01. The van der Waals surface area contributed by atoms with Crippen molar-refractivity contribution in [3.63, 3.8) is 0 Å². The maximum atomic E-state index is 9.27. The fourth-order valence-electron chi connectivity index (χ4n) is 1.88. The minimum absolute atomic E-state index is 0. The summed E-state index contributed by atoms with van der Waals surface area (Å²) in [5.41, 5.74) is 0. The van der Waals surface area contributed by atoms with E-state index < -0.39 is 18.3 Å². The molecule has 21 heteroatoms. The second-order valence-corrected chi connectivity index (χ2v) is 9.62. The van der Waals surface area contributed by atoms with Crippen LogP contribution in [0.3, 0.4) is 0 Å². The molecule has 1 fully saturated rings. The van der Waals surface area contributed by atoms with Gasteiger partial charge in [-0.05, 0) is 0 Å². The first-order chi connectivity index (χ1) is 23.7. The Labute approximate surface area is 311 Å². The van der Waals surface area contributed by atoms with Gasteiger partial charge < -0.3 is 89.3 Å². The molecular formula is C29H67Cl3O18. The second kappa shape index (κ2) is 61.2. The SMILES string of the molecule is C.ClCC1CO1.OCCO.OCCOCC(O)CCl.OCCOCC(O)CCl.OCCOCCO.OCCOCCOCC(O)COCCO. The van der Waals surface area contributed by atoms with Gasteiger partial charge in [-0.3, -0.25) is 0 Å². The molecule has 0 radical (unpaired) electrons. The molecule has 0 spiro atoms. The van der Waals surface area contributed by atoms with Gasteiger partial charge in [0.25, 0.3) is 0 Å². The zero-order chi connectivity index (χ0) is 38.2. The molecule has 50 heavy (non-hydrogen) atoms. The largest absolute Gasteiger partial charge is 0.394 e. The van der Waals surface area contributed by atoms with Crippen molar-refractivity contribution in [3.8, 4) is 0 Å². The Balaban J connectivity index is -0.000000122. The van der Waals surface area contributed by atoms with Gasteiger partial charge in [-0.2, -0.15) is 0 Å². The van der Waals surface area contributed by atoms with E-state index in [1.165, 1.54) is 0 Å². The van der Waals surface area contributed by atoms with Crippen molar-refractivity contribution in [1.82, 2.24) is 0 Å². The van der Waals surface area contributed by atoms with Crippen LogP contribution in [0.4, 0.5) is 0 Å². The van der Waals surface area contributed by atoms with Gasteiger partial charge in [-0.1, -0.05) is 7.43 Å². The van der Waals surface area contributed by atoms with Crippen LogP contribution in [-0.4, -0.2) is 237 Å². The molecule has 11 N–H and O–H groups in total. The van der Waals surface area contributed by atoms with Crippen molar-refractivity contribution in [1.29, 1.82) is 0 Å². The van der Waals surface area contributed by atoms with Crippen LogP contribution < -0.4 is 0 Å². The first kappa shape index (κ1) is 62.2. The van der Waals surface area contributed by atoms with Crippen molar-refractivity contribution in [2.24, 2.45) is 0 Å². The lowest BCUT2D eigenvalue weighted by atomic mass is 10.4. The lowest BCUT2D eigenvalue weighted by Gasteiger charge is -2.11. The summed E-state index contributed by atoms with van der Waals surface area (Å²) in [6.07, 6.45) is -1.51. The maximum Gasteiger partial charge on any atom is 0.101 e. The number of hydrogen-bond donors (Lipinski definition) is 11. The third-order valence-corrected chi connectivity index (χ3v) is 5.11. The Hall–Kier alpha value is 0.150. The number of ether oxygens (including phenoxy) is 7. The van der Waals surface area contributed by atoms with Gasteiger partial charge in [0.05, 0.1) is 175 Å². The van der Waals surface area contributed by atoms with E-state index in [2.05, 4.69) is 4.74 Å². The van der Waals surface area contributed by atoms with Crippen LogP contribution in [0.25, 0.3) is 0 Å². The molecule has 0 amide bonds. The normalized spacial score (nSPS) is 14.2. The monoisotopic (exact) mass is 808 g/mol. The summed E-state index contributed by atoms with van der Waals surface area (Å²) in [7, 11) is 0. The van der Waals surface area contributed by atoms with E-state index in [1.807, 2.05) is 0 Å². The number of hydrogen-bond acceptors (Lipinski definition) is 18. The Bertz CT molecular complexity index is 502. The van der Waals surface area contributed by atoms with Crippen LogP contribution in [0.1, 0.15) is 7.43 Å². The van der Waals surface area contributed by atoms with Crippen LogP contribution in [0, 0.1) is 0 Å². The third kappa shape index (κ3) is 77.6. The topological polar surface area (TPSA) is 290 Å². The molecular weight excluding hydrogens is 743 g/mol. The molecule has 0 aromatic heterocycles. The molecule has 1 aliphatic heterocycles. The second-order valence-electron chi connectivity index (χ2n) is 8.69. The van der Waals surface area contributed by atoms with E-state index in [0.29, 0.717) is 45.0 Å². The molecule has 1 aliphatic rings. The summed E-state index contributed by atoms with van der Waals surface area (Å²) in [6, 6.07) is 0. The molecule has 4 atom stereocenters. The summed E-state index contributed by atoms with van der Waals surface area (Å²) in [4.78, 5) is 0. The Morgan fingerprint density at radius 3 is 0.940 bits per heavy atom. The Morgan fingerprint density at radius 1 is 0.440 bits per heavy atom. The lowest BCUT2D eigenvalue weighted by molar-refractivity contribution is -0.0381. The van der Waals surface area contributed by atoms with Crippen LogP contribution >= 0.6 is 34.8 Å². The molecule has 0 saturated carbocycles. The number of alkyl halides is 3. The molecule has 312 valence electrons. The van der Waals surface area contributed by atoms with E-state index in [-0.39, 0.29) is 118 Å². The fourth-order valence-corrected chi connectivity index (χ4v) is 2.24. The minimum atomic E-state index is -0.686. The van der Waals surface area contributed by atoms with E-state index in [4.69, 9.17) is 114 Å². The minimum Gasteiger partial charge on any atom is -0.394 e. The van der Waals surface area contributed by atoms with Crippen LogP contribution in [0.15, 0.2) is 0 Å². The van der Waals surface area contributed by atoms with Crippen LogP contribution in [0.5, 0.6) is 0 Å². The molecule has 1 rings (SSSR count). The van der Waals surface area contributed by atoms with E-state index >= 15 is 0 Å². The summed E-state index contributed by atoms with van der Waals surface area (Å²) in [5, 5.41) is 91.4. The first-order valence-corrected chi connectivity index (χ1v) is 17.0. The van der Waals surface area contributed by atoms with E-state index in [1.54, 1.807) is 0 Å². The van der Waals surface area contributed by atoms with Crippen LogP contribution in [0.2, 0.25) is 0 Å². The van der Waals surface area contributed by atoms with Crippen molar-refractivity contribution in [2.45, 2.75) is 31.8 Å². The number of aliphatic hydroxyl groups excluding tert-OH is 11. The zero-order valence-corrected chi connectivity index (χ0v) is 30.5. The molecule has 0 aromatic rings. The number of aliphatic hydroxyl groups is 11. The van der Waals surface area contributed by atoms with Gasteiger partial charge in [0, 0.05) is 0 Å². The first-order valence-electron chi connectivity index (χ1n) is 15.4. The van der Waals surface area contributed by atoms with Gasteiger partial charge in [-0.15, -0.1) is 34.8 Å².